The molecule has 0 saturated heterocycles. The highest BCUT2D eigenvalue weighted by Crippen LogP contribution is 2.58. The van der Waals surface area contributed by atoms with Crippen LogP contribution in [0.15, 0.2) is 48.5 Å². The molecule has 0 aliphatic carbocycles. The molecular formula is C17H20ClO3P. The van der Waals surface area contributed by atoms with E-state index in [1.165, 1.54) is 0 Å². The largest absolute Gasteiger partial charge is 0.508 e. The molecule has 5 heteroatoms. The van der Waals surface area contributed by atoms with E-state index in [1.807, 2.05) is 44.2 Å². The summed E-state index contributed by atoms with van der Waals surface area (Å²) in [5.74, 6) is 0.199. The van der Waals surface area contributed by atoms with Crippen molar-refractivity contribution in [3.8, 4) is 5.75 Å². The molecule has 22 heavy (non-hydrogen) atoms. The van der Waals surface area contributed by atoms with Crippen LogP contribution in [0.1, 0.15) is 30.6 Å². The predicted octanol–water partition coefficient (Wildman–Crippen LogP) is 5.52. The molecule has 0 radical (unpaired) electrons. The summed E-state index contributed by atoms with van der Waals surface area (Å²) in [6.07, 6.45) is 0. The molecule has 1 atom stereocenters. The van der Waals surface area contributed by atoms with Gasteiger partial charge < -0.3 is 14.2 Å². The van der Waals surface area contributed by atoms with Gasteiger partial charge in [0.1, 0.15) is 5.75 Å². The van der Waals surface area contributed by atoms with Gasteiger partial charge in [-0.15, -0.1) is 0 Å². The van der Waals surface area contributed by atoms with E-state index in [1.54, 1.807) is 18.2 Å². The third-order valence-electron chi connectivity index (χ3n) is 3.12. The second-order valence-corrected chi connectivity index (χ2v) is 6.68. The van der Waals surface area contributed by atoms with Gasteiger partial charge >= 0.3 is 0 Å². The van der Waals surface area contributed by atoms with Crippen LogP contribution in [0.5, 0.6) is 5.75 Å². The average Bonchev–Trinajstić information content (AvgIpc) is 2.52. The van der Waals surface area contributed by atoms with Gasteiger partial charge in [-0.05, 0) is 37.6 Å². The molecule has 0 aliphatic heterocycles. The molecule has 2 aromatic carbocycles. The Morgan fingerprint density at radius 2 is 1.68 bits per heavy atom. The molecule has 1 N–H and O–H groups in total. The van der Waals surface area contributed by atoms with E-state index in [0.717, 1.165) is 11.1 Å². The van der Waals surface area contributed by atoms with Gasteiger partial charge in [-0.2, -0.15) is 0 Å². The molecule has 0 spiro atoms. The number of phenols is 1. The Morgan fingerprint density at radius 1 is 1.05 bits per heavy atom. The first-order chi connectivity index (χ1) is 10.7. The SMILES string of the molecule is CCOP(OCC)C(c1ccccc1)c1cc(Cl)ccc1O. The van der Waals surface area contributed by atoms with Crippen LogP contribution in [0.3, 0.4) is 0 Å². The monoisotopic (exact) mass is 338 g/mol. The lowest BCUT2D eigenvalue weighted by atomic mass is 10.0. The summed E-state index contributed by atoms with van der Waals surface area (Å²) in [6, 6.07) is 15.0. The van der Waals surface area contributed by atoms with Gasteiger partial charge in [0.25, 0.3) is 0 Å². The van der Waals surface area contributed by atoms with Crippen LogP contribution in [-0.4, -0.2) is 18.3 Å². The minimum absolute atomic E-state index is 0.185. The summed E-state index contributed by atoms with van der Waals surface area (Å²) in [5.41, 5.74) is 1.58. The second kappa shape index (κ2) is 8.50. The minimum Gasteiger partial charge on any atom is -0.508 e. The van der Waals surface area contributed by atoms with E-state index in [-0.39, 0.29) is 11.4 Å². The van der Waals surface area contributed by atoms with Gasteiger partial charge in [-0.3, -0.25) is 0 Å². The van der Waals surface area contributed by atoms with Gasteiger partial charge in [-0.1, -0.05) is 41.9 Å². The molecule has 0 aromatic heterocycles. The number of rotatable bonds is 7. The molecule has 2 aromatic rings. The predicted molar refractivity (Wildman–Crippen MR) is 91.6 cm³/mol. The summed E-state index contributed by atoms with van der Waals surface area (Å²) in [7, 11) is -1.22. The third-order valence-corrected chi connectivity index (χ3v) is 5.38. The van der Waals surface area contributed by atoms with E-state index in [0.29, 0.717) is 18.2 Å². The van der Waals surface area contributed by atoms with Crippen LogP contribution in [0.4, 0.5) is 0 Å². The zero-order valence-electron chi connectivity index (χ0n) is 12.7. The van der Waals surface area contributed by atoms with Crippen LogP contribution in [0.2, 0.25) is 5.02 Å². The van der Waals surface area contributed by atoms with Crippen LogP contribution in [0, 0.1) is 0 Å². The molecule has 0 heterocycles. The van der Waals surface area contributed by atoms with E-state index in [9.17, 15) is 5.11 Å². The Labute approximate surface area is 137 Å². The average molecular weight is 339 g/mol. The smallest absolute Gasteiger partial charge is 0.183 e. The molecule has 0 amide bonds. The van der Waals surface area contributed by atoms with Gasteiger partial charge in [-0.25, -0.2) is 0 Å². The van der Waals surface area contributed by atoms with E-state index in [4.69, 9.17) is 20.6 Å². The van der Waals surface area contributed by atoms with Crippen molar-refractivity contribution in [2.75, 3.05) is 13.2 Å². The molecular weight excluding hydrogens is 319 g/mol. The van der Waals surface area contributed by atoms with Crippen LogP contribution < -0.4 is 0 Å². The second-order valence-electron chi connectivity index (χ2n) is 4.64. The van der Waals surface area contributed by atoms with Crippen LogP contribution >= 0.6 is 20.0 Å². The van der Waals surface area contributed by atoms with Gasteiger partial charge in [0.05, 0.1) is 18.9 Å². The fraction of sp³-hybridized carbons (Fsp3) is 0.294. The Hall–Kier alpha value is -1.12. The standard InChI is InChI=1S/C17H20ClO3P/c1-3-20-22(21-4-2)17(13-8-6-5-7-9-13)15-12-14(18)10-11-16(15)19/h5-12,17,19H,3-4H2,1-2H3. The lowest BCUT2D eigenvalue weighted by molar-refractivity contribution is 0.264. The Morgan fingerprint density at radius 3 is 2.27 bits per heavy atom. The fourth-order valence-electron chi connectivity index (χ4n) is 2.24. The van der Waals surface area contributed by atoms with Crippen molar-refractivity contribution in [2.24, 2.45) is 0 Å². The number of benzene rings is 2. The summed E-state index contributed by atoms with van der Waals surface area (Å²) in [4.78, 5) is 0. The van der Waals surface area contributed by atoms with Gasteiger partial charge in [0.2, 0.25) is 0 Å². The van der Waals surface area contributed by atoms with E-state index in [2.05, 4.69) is 0 Å². The molecule has 0 bridgehead atoms. The molecule has 3 nitrogen and oxygen atoms in total. The van der Waals surface area contributed by atoms with Crippen molar-refractivity contribution in [3.63, 3.8) is 0 Å². The number of halogens is 1. The lowest BCUT2D eigenvalue weighted by Gasteiger charge is -2.27. The summed E-state index contributed by atoms with van der Waals surface area (Å²) in [5, 5.41) is 10.9. The van der Waals surface area contributed by atoms with Crippen molar-refractivity contribution < 1.29 is 14.2 Å². The molecule has 1 unspecified atom stereocenters. The van der Waals surface area contributed by atoms with Crippen molar-refractivity contribution in [2.45, 2.75) is 19.5 Å². The fourth-order valence-corrected chi connectivity index (χ4v) is 4.15. The third kappa shape index (κ3) is 4.21. The molecule has 0 saturated carbocycles. The Kier molecular flexibility index (Phi) is 6.66. The highest BCUT2D eigenvalue weighted by molar-refractivity contribution is 7.48. The Balaban J connectivity index is 2.51. The minimum atomic E-state index is -1.22. The number of hydrogen-bond donors (Lipinski definition) is 1. The molecule has 2 rings (SSSR count). The maximum Gasteiger partial charge on any atom is 0.183 e. The van der Waals surface area contributed by atoms with Gasteiger partial charge in [0.15, 0.2) is 8.38 Å². The summed E-state index contributed by atoms with van der Waals surface area (Å²) in [6.45, 7) is 4.98. The maximum absolute atomic E-state index is 10.3. The van der Waals surface area contributed by atoms with Crippen molar-refractivity contribution in [3.05, 3.63) is 64.7 Å². The van der Waals surface area contributed by atoms with Gasteiger partial charge in [0, 0.05) is 10.6 Å². The quantitative estimate of drug-likeness (QED) is 0.675. The number of aromatic hydroxyl groups is 1. The van der Waals surface area contributed by atoms with E-state index >= 15 is 0 Å². The lowest BCUT2D eigenvalue weighted by Crippen LogP contribution is -2.05. The molecule has 0 aliphatic rings. The van der Waals surface area contributed by atoms with E-state index < -0.39 is 8.38 Å². The normalized spacial score (nSPS) is 12.5. The molecule has 0 fully saturated rings. The van der Waals surface area contributed by atoms with Crippen molar-refractivity contribution in [1.82, 2.24) is 0 Å². The summed E-state index contributed by atoms with van der Waals surface area (Å²) >= 11 is 6.12. The van der Waals surface area contributed by atoms with Crippen molar-refractivity contribution >= 4 is 20.0 Å². The van der Waals surface area contributed by atoms with Crippen LogP contribution in [0.25, 0.3) is 0 Å². The maximum atomic E-state index is 10.3. The molecule has 118 valence electrons. The first-order valence-corrected chi connectivity index (χ1v) is 8.88. The zero-order chi connectivity index (χ0) is 15.9. The highest BCUT2D eigenvalue weighted by atomic mass is 35.5. The van der Waals surface area contributed by atoms with Crippen molar-refractivity contribution in [1.29, 1.82) is 0 Å². The number of phenolic OH excluding ortho intramolecular Hbond substituents is 1. The topological polar surface area (TPSA) is 38.7 Å². The number of hydrogen-bond acceptors (Lipinski definition) is 3. The summed E-state index contributed by atoms with van der Waals surface area (Å²) < 4.78 is 11.7. The van der Waals surface area contributed by atoms with Crippen LogP contribution in [-0.2, 0) is 9.05 Å². The first-order valence-electron chi connectivity index (χ1n) is 7.25. The zero-order valence-corrected chi connectivity index (χ0v) is 14.3. The highest BCUT2D eigenvalue weighted by Gasteiger charge is 2.29. The first kappa shape index (κ1) is 17.2. The Bertz CT molecular complexity index is 586.